The highest BCUT2D eigenvalue weighted by molar-refractivity contribution is 6.08. The van der Waals surface area contributed by atoms with Crippen molar-refractivity contribution in [2.24, 2.45) is 0 Å². The van der Waals surface area contributed by atoms with E-state index in [4.69, 9.17) is 4.42 Å². The third-order valence-corrected chi connectivity index (χ3v) is 2.74. The fourth-order valence-electron chi connectivity index (χ4n) is 1.86. The van der Waals surface area contributed by atoms with E-state index in [-0.39, 0.29) is 17.4 Å². The van der Waals surface area contributed by atoms with Crippen molar-refractivity contribution in [1.82, 2.24) is 0 Å². The highest BCUT2D eigenvalue weighted by Gasteiger charge is 2.14. The Morgan fingerprint density at radius 1 is 1.00 bits per heavy atom. The van der Waals surface area contributed by atoms with Crippen molar-refractivity contribution in [2.45, 2.75) is 0 Å². The van der Waals surface area contributed by atoms with Crippen LogP contribution in [0.15, 0.2) is 59.0 Å². The first-order valence-corrected chi connectivity index (χ1v) is 5.53. The van der Waals surface area contributed by atoms with Gasteiger partial charge in [-0.25, -0.2) is 4.39 Å². The fraction of sp³-hybridized carbons (Fsp3) is 0. The molecule has 3 rings (SSSR count). The third kappa shape index (κ3) is 1.80. The van der Waals surface area contributed by atoms with Gasteiger partial charge >= 0.3 is 0 Å². The summed E-state index contributed by atoms with van der Waals surface area (Å²) in [6, 6.07) is 14.6. The summed E-state index contributed by atoms with van der Waals surface area (Å²) in [6.45, 7) is 0. The third-order valence-electron chi connectivity index (χ3n) is 2.74. The molecule has 88 valence electrons. The van der Waals surface area contributed by atoms with Crippen molar-refractivity contribution in [3.63, 3.8) is 0 Å². The van der Waals surface area contributed by atoms with Crippen LogP contribution in [0.4, 0.5) is 4.39 Å². The molecule has 0 N–H and O–H groups in total. The van der Waals surface area contributed by atoms with Crippen LogP contribution in [0.5, 0.6) is 0 Å². The summed E-state index contributed by atoms with van der Waals surface area (Å²) in [6.07, 6.45) is 0. The largest absolute Gasteiger partial charge is 0.453 e. The Kier molecular flexibility index (Phi) is 2.45. The quantitative estimate of drug-likeness (QED) is 0.638. The van der Waals surface area contributed by atoms with Crippen LogP contribution in [0.3, 0.4) is 0 Å². The van der Waals surface area contributed by atoms with Gasteiger partial charge in [-0.2, -0.15) is 0 Å². The van der Waals surface area contributed by atoms with Crippen LogP contribution in [0, 0.1) is 5.82 Å². The van der Waals surface area contributed by atoms with Crippen molar-refractivity contribution in [3.8, 4) is 0 Å². The first kappa shape index (κ1) is 10.7. The summed E-state index contributed by atoms with van der Waals surface area (Å²) in [4.78, 5) is 12.1. The van der Waals surface area contributed by atoms with Gasteiger partial charge < -0.3 is 4.42 Å². The Hall–Kier alpha value is -2.42. The highest BCUT2D eigenvalue weighted by atomic mass is 19.1. The Morgan fingerprint density at radius 3 is 2.56 bits per heavy atom. The molecule has 0 aliphatic carbocycles. The van der Waals surface area contributed by atoms with Gasteiger partial charge in [0.1, 0.15) is 11.4 Å². The zero-order chi connectivity index (χ0) is 12.5. The van der Waals surface area contributed by atoms with Crippen LogP contribution in [-0.4, -0.2) is 5.78 Å². The lowest BCUT2D eigenvalue weighted by Gasteiger charge is -1.95. The topological polar surface area (TPSA) is 30.2 Å². The number of furan rings is 1. The van der Waals surface area contributed by atoms with Crippen molar-refractivity contribution in [1.29, 1.82) is 0 Å². The van der Waals surface area contributed by atoms with E-state index in [0.717, 1.165) is 0 Å². The maximum absolute atomic E-state index is 13.0. The second kappa shape index (κ2) is 4.11. The molecular weight excluding hydrogens is 231 g/mol. The predicted molar refractivity (Wildman–Crippen MR) is 66.0 cm³/mol. The molecule has 3 heteroatoms. The molecule has 2 nitrogen and oxygen atoms in total. The van der Waals surface area contributed by atoms with Crippen molar-refractivity contribution in [3.05, 3.63) is 71.7 Å². The lowest BCUT2D eigenvalue weighted by molar-refractivity contribution is 0.101. The van der Waals surface area contributed by atoms with Gasteiger partial charge in [-0.15, -0.1) is 0 Å². The number of hydrogen-bond acceptors (Lipinski definition) is 2. The number of ketones is 1. The van der Waals surface area contributed by atoms with Crippen molar-refractivity contribution < 1.29 is 13.6 Å². The molecular formula is C15H9FO2. The van der Waals surface area contributed by atoms with Gasteiger partial charge in [0.2, 0.25) is 5.78 Å². The summed E-state index contributed by atoms with van der Waals surface area (Å²) in [5, 5.41) is 0.592. The van der Waals surface area contributed by atoms with E-state index in [1.165, 1.54) is 18.2 Å². The fourth-order valence-corrected chi connectivity index (χ4v) is 1.86. The van der Waals surface area contributed by atoms with Crippen LogP contribution in [-0.2, 0) is 0 Å². The molecule has 0 bridgehead atoms. The molecule has 0 aliphatic heterocycles. The summed E-state index contributed by atoms with van der Waals surface area (Å²) < 4.78 is 18.5. The normalized spacial score (nSPS) is 10.7. The van der Waals surface area contributed by atoms with Crippen LogP contribution >= 0.6 is 0 Å². The number of hydrogen-bond donors (Lipinski definition) is 0. The minimum Gasteiger partial charge on any atom is -0.453 e. The summed E-state index contributed by atoms with van der Waals surface area (Å²) in [5.41, 5.74) is 1.06. The minimum atomic E-state index is -0.345. The van der Waals surface area contributed by atoms with Crippen LogP contribution in [0.2, 0.25) is 0 Å². The smallest absolute Gasteiger partial charge is 0.228 e. The number of fused-ring (bicyclic) bond motifs is 1. The van der Waals surface area contributed by atoms with Gasteiger partial charge in [0.05, 0.1) is 0 Å². The molecule has 0 saturated heterocycles. The molecule has 0 amide bonds. The monoisotopic (exact) mass is 240 g/mol. The Labute approximate surface area is 103 Å². The van der Waals surface area contributed by atoms with E-state index < -0.39 is 0 Å². The molecule has 3 aromatic rings. The maximum atomic E-state index is 13.0. The molecule has 0 fully saturated rings. The van der Waals surface area contributed by atoms with Crippen LogP contribution < -0.4 is 0 Å². The second-order valence-electron chi connectivity index (χ2n) is 3.99. The second-order valence-corrected chi connectivity index (χ2v) is 3.99. The van der Waals surface area contributed by atoms with E-state index >= 15 is 0 Å². The standard InChI is InChI=1S/C15H9FO2/c16-12-6-7-13-11(8-12)9-14(18-13)15(17)10-4-2-1-3-5-10/h1-9H. The van der Waals surface area contributed by atoms with Gasteiger partial charge in [-0.3, -0.25) is 4.79 Å². The average Bonchev–Trinajstić information content (AvgIpc) is 2.81. The van der Waals surface area contributed by atoms with Crippen LogP contribution in [0.25, 0.3) is 11.0 Å². The number of carbonyl (C=O) groups excluding carboxylic acids is 1. The molecule has 1 aromatic heterocycles. The highest BCUT2D eigenvalue weighted by Crippen LogP contribution is 2.22. The van der Waals surface area contributed by atoms with Gasteiger partial charge in [0.15, 0.2) is 5.76 Å². The van der Waals surface area contributed by atoms with Gasteiger partial charge in [0, 0.05) is 10.9 Å². The van der Waals surface area contributed by atoms with Gasteiger partial charge in [-0.05, 0) is 24.3 Å². The summed E-state index contributed by atoms with van der Waals surface area (Å²) >= 11 is 0. The molecule has 0 aliphatic rings. The van der Waals surface area contributed by atoms with E-state index in [9.17, 15) is 9.18 Å². The Balaban J connectivity index is 2.07. The summed E-state index contributed by atoms with van der Waals surface area (Å²) in [7, 11) is 0. The maximum Gasteiger partial charge on any atom is 0.228 e. The first-order chi connectivity index (χ1) is 8.74. The van der Waals surface area contributed by atoms with E-state index in [1.807, 2.05) is 6.07 Å². The number of rotatable bonds is 2. The zero-order valence-corrected chi connectivity index (χ0v) is 9.39. The number of benzene rings is 2. The number of carbonyl (C=O) groups is 1. The average molecular weight is 240 g/mol. The van der Waals surface area contributed by atoms with Crippen molar-refractivity contribution >= 4 is 16.8 Å². The Bertz CT molecular complexity index is 714. The molecule has 0 unspecified atom stereocenters. The molecule has 0 atom stereocenters. The van der Waals surface area contributed by atoms with Crippen LogP contribution in [0.1, 0.15) is 16.1 Å². The molecule has 2 aromatic carbocycles. The summed E-state index contributed by atoms with van der Waals surface area (Å²) in [5.74, 6) is -0.323. The first-order valence-electron chi connectivity index (χ1n) is 5.53. The molecule has 0 radical (unpaired) electrons. The lowest BCUT2D eigenvalue weighted by Crippen LogP contribution is -1.98. The van der Waals surface area contributed by atoms with Gasteiger partial charge in [-0.1, -0.05) is 30.3 Å². The lowest BCUT2D eigenvalue weighted by atomic mass is 10.1. The molecule has 18 heavy (non-hydrogen) atoms. The predicted octanol–water partition coefficient (Wildman–Crippen LogP) is 3.80. The van der Waals surface area contributed by atoms with Crippen molar-refractivity contribution in [2.75, 3.05) is 0 Å². The molecule has 1 heterocycles. The van der Waals surface area contributed by atoms with E-state index in [2.05, 4.69) is 0 Å². The SMILES string of the molecule is O=C(c1ccccc1)c1cc2cc(F)ccc2o1. The van der Waals surface area contributed by atoms with Gasteiger partial charge in [0.25, 0.3) is 0 Å². The Morgan fingerprint density at radius 2 is 1.78 bits per heavy atom. The molecule has 0 spiro atoms. The zero-order valence-electron chi connectivity index (χ0n) is 9.39. The minimum absolute atomic E-state index is 0.202. The number of halogens is 1. The van der Waals surface area contributed by atoms with E-state index in [1.54, 1.807) is 30.3 Å². The molecule has 0 saturated carbocycles. The van der Waals surface area contributed by atoms with E-state index in [0.29, 0.717) is 16.5 Å².